The summed E-state index contributed by atoms with van der Waals surface area (Å²) >= 11 is 0. The molecular formula is C48H58N2O3S. The fraction of sp³-hybridized carbons (Fsp3) is 0.354. The fourth-order valence-corrected chi connectivity index (χ4v) is 8.47. The molecule has 0 bridgehead atoms. The van der Waals surface area contributed by atoms with E-state index in [0.29, 0.717) is 23.0 Å². The van der Waals surface area contributed by atoms with Crippen molar-refractivity contribution in [1.29, 1.82) is 0 Å². The number of hydrogen-bond acceptors (Lipinski definition) is 4. The van der Waals surface area contributed by atoms with Crippen molar-refractivity contribution in [2.24, 2.45) is 11.8 Å². The van der Waals surface area contributed by atoms with Gasteiger partial charge in [0, 0.05) is 39.7 Å². The molecule has 0 atom stereocenters. The van der Waals surface area contributed by atoms with Crippen LogP contribution in [0, 0.1) is 74.1 Å². The fourth-order valence-electron chi connectivity index (χ4n) is 7.70. The minimum Gasteiger partial charge on any atom is -0.744 e. The van der Waals surface area contributed by atoms with Crippen LogP contribution in [-0.2, 0) is 16.5 Å². The van der Waals surface area contributed by atoms with Gasteiger partial charge in [-0.1, -0.05) is 52.0 Å². The average molecular weight is 743 g/mol. The highest BCUT2D eigenvalue weighted by molar-refractivity contribution is 7.85. The van der Waals surface area contributed by atoms with Gasteiger partial charge in [0.15, 0.2) is 0 Å². The number of aryl methyl sites for hydroxylation is 5. The second kappa shape index (κ2) is 16.1. The molecule has 6 heteroatoms. The lowest BCUT2D eigenvalue weighted by atomic mass is 9.85. The summed E-state index contributed by atoms with van der Waals surface area (Å²) in [6, 6.07) is 16.0. The van der Waals surface area contributed by atoms with Crippen LogP contribution in [0.1, 0.15) is 101 Å². The van der Waals surface area contributed by atoms with Crippen LogP contribution in [0.4, 0.5) is 17.1 Å². The summed E-state index contributed by atoms with van der Waals surface area (Å²) in [7, 11) is -4.80. The van der Waals surface area contributed by atoms with Crippen molar-refractivity contribution < 1.29 is 18.0 Å². The van der Waals surface area contributed by atoms with Crippen molar-refractivity contribution in [2.75, 3.05) is 5.32 Å². The van der Waals surface area contributed by atoms with Crippen molar-refractivity contribution in [3.63, 3.8) is 0 Å². The molecule has 0 aromatic heterocycles. The zero-order chi connectivity index (χ0) is 39.8. The average Bonchev–Trinajstić information content (AvgIpc) is 3.08. The molecule has 1 aliphatic carbocycles. The summed E-state index contributed by atoms with van der Waals surface area (Å²) in [6.45, 7) is 27.9. The first-order chi connectivity index (χ1) is 25.3. The van der Waals surface area contributed by atoms with Crippen molar-refractivity contribution in [1.82, 2.24) is 0 Å². The highest BCUT2D eigenvalue weighted by Crippen LogP contribution is 2.39. The molecule has 0 aliphatic heterocycles. The van der Waals surface area contributed by atoms with Gasteiger partial charge < -0.3 is 9.87 Å². The molecule has 0 amide bonds. The molecule has 0 heterocycles. The first-order valence-corrected chi connectivity index (χ1v) is 20.6. The van der Waals surface area contributed by atoms with E-state index in [2.05, 4.69) is 142 Å². The number of nitrogens with one attached hydrogen (secondary N) is 2. The van der Waals surface area contributed by atoms with E-state index >= 15 is 0 Å². The van der Waals surface area contributed by atoms with E-state index in [-0.39, 0.29) is 4.90 Å². The third kappa shape index (κ3) is 8.72. The lowest BCUT2D eigenvalue weighted by Gasteiger charge is -2.23. The van der Waals surface area contributed by atoms with Crippen molar-refractivity contribution in [2.45, 2.75) is 108 Å². The highest BCUT2D eigenvalue weighted by atomic mass is 32.2. The number of hydrogen-bond donors (Lipinski definition) is 2. The third-order valence-electron chi connectivity index (χ3n) is 11.0. The van der Waals surface area contributed by atoms with Crippen LogP contribution >= 0.6 is 0 Å². The van der Waals surface area contributed by atoms with E-state index in [1.807, 2.05) is 13.0 Å². The first-order valence-electron chi connectivity index (χ1n) is 19.2. The van der Waals surface area contributed by atoms with E-state index < -0.39 is 10.1 Å². The van der Waals surface area contributed by atoms with Crippen LogP contribution in [0.2, 0.25) is 0 Å². The van der Waals surface area contributed by atoms with Crippen LogP contribution in [0.5, 0.6) is 0 Å². The molecule has 0 radical (unpaired) electrons. The van der Waals surface area contributed by atoms with E-state index in [1.165, 1.54) is 50.6 Å². The lowest BCUT2D eigenvalue weighted by molar-refractivity contribution is -0.353. The summed E-state index contributed by atoms with van der Waals surface area (Å²) in [5.74, 6) is 0.729. The standard InChI is InChI=1S/C48H58N2O3S/c1-27(2)20-40-25-38(15-18-43(40)49-47-32(8)23-30(6)34(10)36(47)12)46(42-17-14-29(5)22-45(42)54(51,52)53)39-16-19-44(41(26-39)21-28(3)4)50-48-33(9)24-31(7)35(11)37(48)13/h14-19,22-28,49H,20-21H2,1-13H3,(H,51,52,53). The SMILES string of the molecule is Cc1ccc(C(=C2C=CC(=[NH+]c3c(C)cc(C)c(C)c3C)C(CC(C)C)=C2)c2ccc(Nc3c(C)cc(C)c(C)c3C)c(CC(C)C)c2)c(S(=O)(=O)[O-])c1. The van der Waals surface area contributed by atoms with E-state index in [1.54, 1.807) is 6.07 Å². The lowest BCUT2D eigenvalue weighted by Crippen LogP contribution is -2.67. The van der Waals surface area contributed by atoms with Crippen molar-refractivity contribution in [3.05, 3.63) is 145 Å². The molecule has 4 aromatic carbocycles. The zero-order valence-corrected chi connectivity index (χ0v) is 35.4. The molecule has 54 heavy (non-hydrogen) atoms. The molecule has 0 fully saturated rings. The maximum atomic E-state index is 13.0. The Morgan fingerprint density at radius 2 is 1.33 bits per heavy atom. The maximum Gasteiger partial charge on any atom is 0.210 e. The molecule has 0 saturated heterocycles. The van der Waals surface area contributed by atoms with Gasteiger partial charge in [-0.05, 0) is 185 Å². The summed E-state index contributed by atoms with van der Waals surface area (Å²) in [4.78, 5) is 3.58. The largest absolute Gasteiger partial charge is 0.744 e. The minimum absolute atomic E-state index is 0.208. The summed E-state index contributed by atoms with van der Waals surface area (Å²) in [6.07, 6.45) is 7.97. The Hall–Kier alpha value is -4.52. The Balaban J connectivity index is 1.80. The zero-order valence-electron chi connectivity index (χ0n) is 34.6. The van der Waals surface area contributed by atoms with Crippen LogP contribution in [-0.4, -0.2) is 18.7 Å². The summed E-state index contributed by atoms with van der Waals surface area (Å²) in [5, 5.41) is 3.79. The Morgan fingerprint density at radius 1 is 0.704 bits per heavy atom. The van der Waals surface area contributed by atoms with Gasteiger partial charge in [-0.15, -0.1) is 0 Å². The molecule has 0 unspecified atom stereocenters. The molecule has 5 nitrogen and oxygen atoms in total. The first kappa shape index (κ1) is 40.7. The quantitative estimate of drug-likeness (QED) is 0.159. The van der Waals surface area contributed by atoms with Gasteiger partial charge in [-0.25, -0.2) is 13.4 Å². The second-order valence-corrected chi connectivity index (χ2v) is 17.6. The van der Waals surface area contributed by atoms with E-state index in [0.717, 1.165) is 63.5 Å². The smallest absolute Gasteiger partial charge is 0.210 e. The van der Waals surface area contributed by atoms with Crippen LogP contribution < -0.4 is 10.3 Å². The maximum absolute atomic E-state index is 13.0. The van der Waals surface area contributed by atoms with Crippen molar-refractivity contribution in [3.8, 4) is 0 Å². The minimum atomic E-state index is -4.80. The summed E-state index contributed by atoms with van der Waals surface area (Å²) < 4.78 is 38.9. The van der Waals surface area contributed by atoms with Gasteiger partial charge in [0.1, 0.15) is 10.1 Å². The van der Waals surface area contributed by atoms with Gasteiger partial charge in [0.25, 0.3) is 0 Å². The van der Waals surface area contributed by atoms with Gasteiger partial charge in [0.05, 0.1) is 4.90 Å². The molecule has 1 aliphatic rings. The van der Waals surface area contributed by atoms with Gasteiger partial charge in [0.2, 0.25) is 11.4 Å². The Kier molecular flexibility index (Phi) is 12.1. The monoisotopic (exact) mass is 742 g/mol. The number of anilines is 2. The number of rotatable bonds is 10. The van der Waals surface area contributed by atoms with E-state index in [9.17, 15) is 13.0 Å². The van der Waals surface area contributed by atoms with Gasteiger partial charge >= 0.3 is 0 Å². The highest BCUT2D eigenvalue weighted by Gasteiger charge is 2.25. The Labute approximate surface area is 324 Å². The van der Waals surface area contributed by atoms with Crippen molar-refractivity contribution >= 4 is 38.5 Å². The van der Waals surface area contributed by atoms with Gasteiger partial charge in [-0.3, -0.25) is 0 Å². The Morgan fingerprint density at radius 3 is 1.96 bits per heavy atom. The molecule has 0 saturated carbocycles. The normalized spacial score (nSPS) is 15.0. The Bertz CT molecular complexity index is 2370. The molecule has 284 valence electrons. The predicted octanol–water partition coefficient (Wildman–Crippen LogP) is 10.5. The molecule has 4 aromatic rings. The molecule has 0 spiro atoms. The van der Waals surface area contributed by atoms with E-state index in [4.69, 9.17) is 0 Å². The molecule has 2 N–H and O–H groups in total. The summed E-state index contributed by atoms with van der Waals surface area (Å²) in [5.41, 5.74) is 19.9. The van der Waals surface area contributed by atoms with Crippen LogP contribution in [0.15, 0.2) is 82.8 Å². The number of allylic oxidation sites excluding steroid dienone is 5. The predicted molar refractivity (Wildman–Crippen MR) is 227 cm³/mol. The second-order valence-electron chi connectivity index (χ2n) is 16.3. The number of benzene rings is 4. The van der Waals surface area contributed by atoms with Crippen LogP contribution in [0.25, 0.3) is 5.57 Å². The molecule has 5 rings (SSSR count). The topological polar surface area (TPSA) is 83.2 Å². The third-order valence-corrected chi connectivity index (χ3v) is 11.8. The van der Waals surface area contributed by atoms with Gasteiger partial charge in [-0.2, -0.15) is 0 Å². The molecular weight excluding hydrogens is 685 g/mol. The van der Waals surface area contributed by atoms with Crippen LogP contribution in [0.3, 0.4) is 0 Å².